The first-order valence-electron chi connectivity index (χ1n) is 6.90. The molecule has 0 saturated heterocycles. The number of imide groups is 1. The maximum Gasteiger partial charge on any atom is 0.305 e. The largest absolute Gasteiger partial charge is 0.481 e. The van der Waals surface area contributed by atoms with Gasteiger partial charge >= 0.3 is 5.97 Å². The molecule has 0 aliphatic carbocycles. The van der Waals surface area contributed by atoms with Crippen molar-refractivity contribution in [1.29, 1.82) is 0 Å². The lowest BCUT2D eigenvalue weighted by Gasteiger charge is -2.22. The maximum atomic E-state index is 12.0. The summed E-state index contributed by atoms with van der Waals surface area (Å²) in [6.07, 6.45) is 1.56. The second-order valence-corrected chi connectivity index (χ2v) is 6.57. The minimum Gasteiger partial charge on any atom is -0.481 e. The Labute approximate surface area is 138 Å². The van der Waals surface area contributed by atoms with Crippen LogP contribution in [0.5, 0.6) is 0 Å². The number of aliphatic carboxylic acids is 1. The number of rotatable bonds is 9. The number of carbonyl (C=O) groups is 4. The fraction of sp³-hybridized carbons (Fsp3) is 0.692. The lowest BCUT2D eigenvalue weighted by molar-refractivity contribution is -0.142. The Hall–Kier alpha value is -1.65. The van der Waals surface area contributed by atoms with Gasteiger partial charge in [0.15, 0.2) is 0 Å². The molecule has 0 aromatic heterocycles. The smallest absolute Gasteiger partial charge is 0.305 e. The van der Waals surface area contributed by atoms with E-state index in [1.54, 1.807) is 0 Å². The van der Waals surface area contributed by atoms with E-state index in [4.69, 9.17) is 16.6 Å². The normalized spacial score (nSPS) is 13.8. The maximum absolute atomic E-state index is 12.0. The summed E-state index contributed by atoms with van der Waals surface area (Å²) in [6, 6.07) is -2.28. The number of nitrogens with one attached hydrogen (secondary N) is 2. The standard InChI is InChI=1S/C13H24N4O5S/c1-13(2,15)12(22)17-11(21)8(6-9(18)19)16-10(20)7(14)4-5-23-3/h7-8H,4-6,14-15H2,1-3H3,(H,16,20)(H,18,19)(H,17,21,22)/t7-,8-/m0/s1. The van der Waals surface area contributed by atoms with Gasteiger partial charge in [-0.15, -0.1) is 0 Å². The average molecular weight is 348 g/mol. The van der Waals surface area contributed by atoms with E-state index in [-0.39, 0.29) is 0 Å². The van der Waals surface area contributed by atoms with E-state index in [2.05, 4.69) is 5.32 Å². The van der Waals surface area contributed by atoms with Gasteiger partial charge in [-0.3, -0.25) is 24.5 Å². The van der Waals surface area contributed by atoms with E-state index >= 15 is 0 Å². The molecule has 23 heavy (non-hydrogen) atoms. The number of hydrogen-bond acceptors (Lipinski definition) is 7. The van der Waals surface area contributed by atoms with E-state index in [1.165, 1.54) is 25.6 Å². The first-order valence-corrected chi connectivity index (χ1v) is 8.29. The third-order valence-electron chi connectivity index (χ3n) is 2.80. The monoisotopic (exact) mass is 348 g/mol. The molecule has 132 valence electrons. The molecule has 7 N–H and O–H groups in total. The van der Waals surface area contributed by atoms with E-state index < -0.39 is 47.7 Å². The molecule has 0 radical (unpaired) electrons. The molecule has 0 aliphatic rings. The number of carboxylic acid groups (broad SMARTS) is 1. The van der Waals surface area contributed by atoms with Gasteiger partial charge in [0, 0.05) is 0 Å². The highest BCUT2D eigenvalue weighted by atomic mass is 32.2. The van der Waals surface area contributed by atoms with Gasteiger partial charge in [-0.05, 0) is 32.3 Å². The van der Waals surface area contributed by atoms with Crippen LogP contribution in [-0.2, 0) is 19.2 Å². The highest BCUT2D eigenvalue weighted by Gasteiger charge is 2.30. The zero-order valence-corrected chi connectivity index (χ0v) is 14.2. The van der Waals surface area contributed by atoms with E-state index in [0.29, 0.717) is 12.2 Å². The molecule has 10 heteroatoms. The van der Waals surface area contributed by atoms with Crippen LogP contribution in [-0.4, -0.2) is 58.4 Å². The summed E-state index contributed by atoms with van der Waals surface area (Å²) >= 11 is 1.50. The number of thioether (sulfide) groups is 1. The molecule has 9 nitrogen and oxygen atoms in total. The predicted molar refractivity (Wildman–Crippen MR) is 86.6 cm³/mol. The summed E-state index contributed by atoms with van der Waals surface area (Å²) in [6.45, 7) is 2.78. The van der Waals surface area contributed by atoms with Gasteiger partial charge < -0.3 is 21.9 Å². The zero-order chi connectivity index (χ0) is 18.2. The molecule has 0 aliphatic heterocycles. The SMILES string of the molecule is CSCC[C@H](N)C(=O)N[C@@H](CC(=O)O)C(=O)NC(=O)C(C)(C)N. The van der Waals surface area contributed by atoms with Crippen LogP contribution < -0.4 is 22.1 Å². The highest BCUT2D eigenvalue weighted by Crippen LogP contribution is 2.02. The quantitative estimate of drug-likeness (QED) is 0.332. The van der Waals surface area contributed by atoms with Crippen molar-refractivity contribution in [1.82, 2.24) is 10.6 Å². The molecule has 0 heterocycles. The molecule has 0 aromatic carbocycles. The van der Waals surface area contributed by atoms with Gasteiger partial charge in [0.25, 0.3) is 0 Å². The van der Waals surface area contributed by atoms with Crippen LogP contribution in [0.2, 0.25) is 0 Å². The molecule has 0 aromatic rings. The fourth-order valence-corrected chi connectivity index (χ4v) is 1.89. The Kier molecular flexibility index (Phi) is 8.80. The van der Waals surface area contributed by atoms with Gasteiger partial charge in [0.2, 0.25) is 17.7 Å². The molecular formula is C13H24N4O5S. The fourth-order valence-electron chi connectivity index (χ4n) is 1.40. The summed E-state index contributed by atoms with van der Waals surface area (Å²) in [7, 11) is 0. The molecule has 0 rings (SSSR count). The average Bonchev–Trinajstić information content (AvgIpc) is 2.42. The van der Waals surface area contributed by atoms with Crippen LogP contribution in [0.1, 0.15) is 26.7 Å². The minimum atomic E-state index is -1.41. The van der Waals surface area contributed by atoms with Crippen molar-refractivity contribution in [2.75, 3.05) is 12.0 Å². The summed E-state index contributed by atoms with van der Waals surface area (Å²) in [5, 5.41) is 13.1. The Morgan fingerprint density at radius 3 is 2.22 bits per heavy atom. The highest BCUT2D eigenvalue weighted by molar-refractivity contribution is 7.98. The van der Waals surface area contributed by atoms with Gasteiger partial charge in [0.05, 0.1) is 18.0 Å². The van der Waals surface area contributed by atoms with Crippen LogP contribution in [0.15, 0.2) is 0 Å². The Morgan fingerprint density at radius 2 is 1.78 bits per heavy atom. The van der Waals surface area contributed by atoms with E-state index in [0.717, 1.165) is 0 Å². The molecule has 0 unspecified atom stereocenters. The van der Waals surface area contributed by atoms with Crippen molar-refractivity contribution >= 4 is 35.5 Å². The number of carbonyl (C=O) groups excluding carboxylic acids is 3. The van der Waals surface area contributed by atoms with Crippen LogP contribution in [0.4, 0.5) is 0 Å². The van der Waals surface area contributed by atoms with Crippen molar-refractivity contribution in [3.8, 4) is 0 Å². The second kappa shape index (κ2) is 9.48. The number of hydrogen-bond donors (Lipinski definition) is 5. The predicted octanol–water partition coefficient (Wildman–Crippen LogP) is -1.59. The van der Waals surface area contributed by atoms with Gasteiger partial charge in [0.1, 0.15) is 6.04 Å². The Balaban J connectivity index is 4.87. The van der Waals surface area contributed by atoms with Crippen molar-refractivity contribution in [2.24, 2.45) is 11.5 Å². The molecule has 0 saturated carbocycles. The summed E-state index contributed by atoms with van der Waals surface area (Å²) < 4.78 is 0. The lowest BCUT2D eigenvalue weighted by Crippen LogP contribution is -2.57. The molecule has 0 bridgehead atoms. The van der Waals surface area contributed by atoms with Crippen LogP contribution in [0.3, 0.4) is 0 Å². The third-order valence-corrected chi connectivity index (χ3v) is 3.45. The summed E-state index contributed by atoms with van der Waals surface area (Å²) in [4.78, 5) is 46.4. The topological polar surface area (TPSA) is 165 Å². The van der Waals surface area contributed by atoms with Crippen LogP contribution in [0.25, 0.3) is 0 Å². The van der Waals surface area contributed by atoms with Crippen molar-refractivity contribution in [3.63, 3.8) is 0 Å². The van der Waals surface area contributed by atoms with Crippen molar-refractivity contribution in [2.45, 2.75) is 44.3 Å². The molecule has 0 spiro atoms. The third kappa shape index (κ3) is 8.53. The Morgan fingerprint density at radius 1 is 1.22 bits per heavy atom. The van der Waals surface area contributed by atoms with Gasteiger partial charge in [-0.1, -0.05) is 0 Å². The van der Waals surface area contributed by atoms with E-state index in [1.807, 2.05) is 11.6 Å². The van der Waals surface area contributed by atoms with Crippen molar-refractivity contribution in [3.05, 3.63) is 0 Å². The van der Waals surface area contributed by atoms with Crippen molar-refractivity contribution < 1.29 is 24.3 Å². The first-order chi connectivity index (χ1) is 10.5. The molecule has 3 amide bonds. The Bertz CT molecular complexity index is 464. The number of nitrogens with two attached hydrogens (primary N) is 2. The number of carboxylic acids is 1. The summed E-state index contributed by atoms with van der Waals surface area (Å²) in [5.74, 6) is -3.04. The molecule has 0 fully saturated rings. The van der Waals surface area contributed by atoms with Gasteiger partial charge in [-0.25, -0.2) is 0 Å². The van der Waals surface area contributed by atoms with E-state index in [9.17, 15) is 19.2 Å². The number of amides is 3. The van der Waals surface area contributed by atoms with Gasteiger partial charge in [-0.2, -0.15) is 11.8 Å². The molecule has 2 atom stereocenters. The van der Waals surface area contributed by atoms with Crippen LogP contribution >= 0.6 is 11.8 Å². The molecular weight excluding hydrogens is 324 g/mol. The van der Waals surface area contributed by atoms with Crippen LogP contribution in [0, 0.1) is 0 Å². The zero-order valence-electron chi connectivity index (χ0n) is 13.4. The summed E-state index contributed by atoms with van der Waals surface area (Å²) in [5.41, 5.74) is 9.89. The minimum absolute atomic E-state index is 0.378. The second-order valence-electron chi connectivity index (χ2n) is 5.59. The first kappa shape index (κ1) is 21.4. The lowest BCUT2D eigenvalue weighted by atomic mass is 10.1.